The Kier molecular flexibility index (Phi) is 7.22. The molecule has 8 nitrogen and oxygen atoms in total. The number of aliphatic hydroxyl groups excluding tert-OH is 1. The standard InChI is InChI=1S/C46H38FN3O5/c1-26-41(45(2,3)47)38(22-23-51)55-46(26)34-24-31(50-37-15-7-11-29-9-5-13-33(40(29)37)43(50)53)20-21-35(34)48(44(46)54)25-27-16-18-30(19-17-27)49-36-14-6-10-28-8-4-12-32(39(28)36)42(49)52/h4-21,24,26,38,41,51H,22-23,25H2,1-3H3/t26-,38+,41-,46+/m0/s1. The first-order chi connectivity index (χ1) is 26.5. The maximum atomic E-state index is 16.1. The summed E-state index contributed by atoms with van der Waals surface area (Å²) in [5.41, 5.74) is 2.87. The highest BCUT2D eigenvalue weighted by Gasteiger charge is 2.66. The lowest BCUT2D eigenvalue weighted by molar-refractivity contribution is -0.146. The molecular formula is C46H38FN3O5. The Morgan fingerprint density at radius 3 is 1.84 bits per heavy atom. The number of anilines is 5. The summed E-state index contributed by atoms with van der Waals surface area (Å²) >= 11 is 0. The maximum absolute atomic E-state index is 16.1. The van der Waals surface area contributed by atoms with Crippen LogP contribution in [0.5, 0.6) is 0 Å². The molecule has 6 aromatic carbocycles. The number of alkyl halides is 1. The van der Waals surface area contributed by atoms with Gasteiger partial charge in [-0.15, -0.1) is 0 Å². The third-order valence-corrected chi connectivity index (χ3v) is 12.3. The molecule has 10 rings (SSSR count). The molecule has 0 bridgehead atoms. The fraction of sp³-hybridized carbons (Fsp3) is 0.239. The molecule has 274 valence electrons. The van der Waals surface area contributed by atoms with Crippen molar-refractivity contribution in [3.8, 4) is 0 Å². The van der Waals surface area contributed by atoms with E-state index in [9.17, 15) is 14.7 Å². The quantitative estimate of drug-likeness (QED) is 0.177. The first-order valence-corrected chi connectivity index (χ1v) is 18.8. The molecule has 4 atom stereocenters. The summed E-state index contributed by atoms with van der Waals surface area (Å²) in [6.45, 7) is 4.83. The SMILES string of the molecule is C[C@H]1[C@H](C(C)(C)F)[C@@H](CCO)O[C@]12C(=O)N(Cc1ccc(N3C(=O)c4cccc5cccc3c45)cc1)c1ccc(N3C(=O)c4cccc5cccc3c45)cc12. The van der Waals surface area contributed by atoms with Gasteiger partial charge in [0.15, 0.2) is 5.60 Å². The van der Waals surface area contributed by atoms with Gasteiger partial charge >= 0.3 is 0 Å². The number of ether oxygens (including phenoxy) is 1. The Hall–Kier alpha value is -5.90. The monoisotopic (exact) mass is 731 g/mol. The first kappa shape index (κ1) is 33.7. The zero-order chi connectivity index (χ0) is 38.0. The van der Waals surface area contributed by atoms with E-state index in [0.717, 1.165) is 38.5 Å². The number of fused-ring (bicyclic) bond motifs is 2. The molecule has 1 N–H and O–H groups in total. The number of benzene rings is 6. The molecule has 0 radical (unpaired) electrons. The van der Waals surface area contributed by atoms with Crippen molar-refractivity contribution in [1.82, 2.24) is 0 Å². The number of amides is 3. The Morgan fingerprint density at radius 2 is 1.27 bits per heavy atom. The molecule has 4 aliphatic rings. The van der Waals surface area contributed by atoms with Crippen LogP contribution in [-0.2, 0) is 21.7 Å². The minimum absolute atomic E-state index is 0.0908. The lowest BCUT2D eigenvalue weighted by Gasteiger charge is -2.32. The van der Waals surface area contributed by atoms with Gasteiger partial charge in [-0.2, -0.15) is 0 Å². The number of hydrogen-bond acceptors (Lipinski definition) is 5. The van der Waals surface area contributed by atoms with Crippen molar-refractivity contribution < 1.29 is 28.6 Å². The molecule has 4 heterocycles. The molecule has 55 heavy (non-hydrogen) atoms. The normalized spacial score (nSPS) is 22.7. The number of hydrogen-bond donors (Lipinski definition) is 1. The van der Waals surface area contributed by atoms with Gasteiger partial charge in [-0.25, -0.2) is 4.39 Å². The van der Waals surface area contributed by atoms with Crippen molar-refractivity contribution in [3.63, 3.8) is 0 Å². The number of rotatable bonds is 7. The van der Waals surface area contributed by atoms with E-state index < -0.39 is 29.2 Å². The molecule has 9 heteroatoms. The molecule has 0 aliphatic carbocycles. The number of halogens is 1. The number of nitrogens with zero attached hydrogens (tertiary/aromatic N) is 3. The van der Waals surface area contributed by atoms with Crippen molar-refractivity contribution >= 4 is 67.7 Å². The molecule has 1 fully saturated rings. The van der Waals surface area contributed by atoms with Gasteiger partial charge in [0.05, 0.1) is 40.8 Å². The summed E-state index contributed by atoms with van der Waals surface area (Å²) in [4.78, 5) is 47.8. The van der Waals surface area contributed by atoms with Crippen molar-refractivity contribution in [2.45, 2.75) is 51.1 Å². The Labute approximate surface area is 317 Å². The predicted molar refractivity (Wildman–Crippen MR) is 211 cm³/mol. The Bertz CT molecular complexity index is 2620. The van der Waals surface area contributed by atoms with Crippen molar-refractivity contribution in [1.29, 1.82) is 0 Å². The van der Waals surface area contributed by atoms with E-state index in [2.05, 4.69) is 0 Å². The van der Waals surface area contributed by atoms with Gasteiger partial charge in [-0.05, 0) is 91.2 Å². The van der Waals surface area contributed by atoms with Gasteiger partial charge in [0.25, 0.3) is 17.7 Å². The summed E-state index contributed by atoms with van der Waals surface area (Å²) < 4.78 is 22.9. The summed E-state index contributed by atoms with van der Waals surface area (Å²) in [5, 5.41) is 13.8. The van der Waals surface area contributed by atoms with Crippen molar-refractivity contribution in [3.05, 3.63) is 138 Å². The highest BCUT2D eigenvalue weighted by Crippen LogP contribution is 2.59. The van der Waals surface area contributed by atoms with Gasteiger partial charge in [0.1, 0.15) is 5.67 Å². The van der Waals surface area contributed by atoms with Gasteiger partial charge in [0.2, 0.25) is 0 Å². The van der Waals surface area contributed by atoms with E-state index in [0.29, 0.717) is 33.8 Å². The van der Waals surface area contributed by atoms with Crippen LogP contribution in [0, 0.1) is 11.8 Å². The van der Waals surface area contributed by atoms with Crippen molar-refractivity contribution in [2.24, 2.45) is 11.8 Å². The average molecular weight is 732 g/mol. The predicted octanol–water partition coefficient (Wildman–Crippen LogP) is 9.10. The van der Waals surface area contributed by atoms with E-state index >= 15 is 9.18 Å². The van der Waals surface area contributed by atoms with Crippen LogP contribution in [0.4, 0.5) is 32.8 Å². The van der Waals surface area contributed by atoms with Crippen LogP contribution in [-0.4, -0.2) is 41.2 Å². The van der Waals surface area contributed by atoms with Crippen LogP contribution >= 0.6 is 0 Å². The topological polar surface area (TPSA) is 90.4 Å². The van der Waals surface area contributed by atoms with Gasteiger partial charge in [0, 0.05) is 46.2 Å². The minimum atomic E-state index is -1.72. The second kappa shape index (κ2) is 11.8. The highest BCUT2D eigenvalue weighted by molar-refractivity contribution is 6.29. The Balaban J connectivity index is 1.05. The molecule has 1 saturated heterocycles. The van der Waals surface area contributed by atoms with E-state index in [1.54, 1.807) is 14.7 Å². The highest BCUT2D eigenvalue weighted by atomic mass is 19.1. The summed E-state index contributed by atoms with van der Waals surface area (Å²) in [6.07, 6.45) is -0.555. The van der Waals surface area contributed by atoms with Crippen LogP contribution in [0.1, 0.15) is 59.0 Å². The molecule has 3 amide bonds. The van der Waals surface area contributed by atoms with Crippen LogP contribution < -0.4 is 14.7 Å². The van der Waals surface area contributed by atoms with E-state index in [1.165, 1.54) is 13.8 Å². The van der Waals surface area contributed by atoms with E-state index in [-0.39, 0.29) is 37.3 Å². The molecule has 0 aromatic heterocycles. The lowest BCUT2D eigenvalue weighted by atomic mass is 9.71. The van der Waals surface area contributed by atoms with Gasteiger partial charge < -0.3 is 14.7 Å². The number of carbonyl (C=O) groups excluding carboxylic acids is 3. The molecule has 1 spiro atoms. The average Bonchev–Trinajstić information content (AvgIpc) is 3.82. The van der Waals surface area contributed by atoms with Gasteiger partial charge in [-0.3, -0.25) is 24.2 Å². The molecule has 0 saturated carbocycles. The molecular weight excluding hydrogens is 694 g/mol. The maximum Gasteiger partial charge on any atom is 0.264 e. The van der Waals surface area contributed by atoms with E-state index in [1.807, 2.05) is 122 Å². The lowest BCUT2D eigenvalue weighted by Crippen LogP contribution is -2.45. The molecule has 4 aliphatic heterocycles. The largest absolute Gasteiger partial charge is 0.396 e. The van der Waals surface area contributed by atoms with Crippen LogP contribution in [0.2, 0.25) is 0 Å². The zero-order valence-corrected chi connectivity index (χ0v) is 30.6. The zero-order valence-electron chi connectivity index (χ0n) is 30.6. The first-order valence-electron chi connectivity index (χ1n) is 18.8. The second-order valence-corrected chi connectivity index (χ2v) is 15.7. The van der Waals surface area contributed by atoms with Crippen molar-refractivity contribution in [2.75, 3.05) is 21.3 Å². The fourth-order valence-electron chi connectivity index (χ4n) is 10.0. The van der Waals surface area contributed by atoms with E-state index in [4.69, 9.17) is 4.74 Å². The summed E-state index contributed by atoms with van der Waals surface area (Å²) in [5.74, 6) is -1.89. The molecule has 0 unspecified atom stereocenters. The second-order valence-electron chi connectivity index (χ2n) is 15.7. The number of aliphatic hydroxyl groups is 1. The smallest absolute Gasteiger partial charge is 0.264 e. The minimum Gasteiger partial charge on any atom is -0.396 e. The Morgan fingerprint density at radius 1 is 0.727 bits per heavy atom. The van der Waals surface area contributed by atoms with Crippen LogP contribution in [0.25, 0.3) is 21.5 Å². The van der Waals surface area contributed by atoms with Gasteiger partial charge in [-0.1, -0.05) is 67.6 Å². The number of carbonyl (C=O) groups is 3. The summed E-state index contributed by atoms with van der Waals surface area (Å²) in [7, 11) is 0. The van der Waals surface area contributed by atoms with Crippen LogP contribution in [0.15, 0.2) is 115 Å². The van der Waals surface area contributed by atoms with Crippen LogP contribution in [0.3, 0.4) is 0 Å². The molecule has 6 aromatic rings. The third kappa shape index (κ3) is 4.60. The summed E-state index contributed by atoms with van der Waals surface area (Å²) in [6, 6.07) is 36.3. The fourth-order valence-corrected chi connectivity index (χ4v) is 10.0. The third-order valence-electron chi connectivity index (χ3n) is 12.3.